The van der Waals surface area contributed by atoms with Crippen molar-refractivity contribution >= 4 is 39.8 Å². The highest BCUT2D eigenvalue weighted by Crippen LogP contribution is 2.39. The van der Waals surface area contributed by atoms with Crippen LogP contribution in [0.4, 0.5) is 0 Å². The zero-order valence-electron chi connectivity index (χ0n) is 18.0. The number of β-lactam (4-membered cyclic amide) rings is 1. The van der Waals surface area contributed by atoms with Gasteiger partial charge in [-0.05, 0) is 42.3 Å². The summed E-state index contributed by atoms with van der Waals surface area (Å²) in [6.07, 6.45) is 3.47. The fourth-order valence-electron chi connectivity index (χ4n) is 3.24. The van der Waals surface area contributed by atoms with Crippen molar-refractivity contribution in [3.05, 3.63) is 82.6 Å². The van der Waals surface area contributed by atoms with E-state index in [1.807, 2.05) is 13.0 Å². The first-order chi connectivity index (χ1) is 16.0. The fraction of sp³-hybridized carbons (Fsp3) is 0.174. The molecular weight excluding hydrogens is 478 g/mol. The van der Waals surface area contributed by atoms with Crippen LogP contribution in [0.1, 0.15) is 16.7 Å². The Morgan fingerprint density at radius 1 is 1.18 bits per heavy atom. The third-order valence-electron chi connectivity index (χ3n) is 5.08. The largest absolute Gasteiger partial charge is 0.477 e. The lowest BCUT2D eigenvalue weighted by atomic mass is 10.0. The summed E-state index contributed by atoms with van der Waals surface area (Å²) in [7, 11) is -4.02. The number of carbonyl (C=O) groups is 2. The van der Waals surface area contributed by atoms with E-state index in [2.05, 4.69) is 0 Å². The van der Waals surface area contributed by atoms with Gasteiger partial charge in [0.05, 0.1) is 16.5 Å². The van der Waals surface area contributed by atoms with E-state index in [-0.39, 0.29) is 21.9 Å². The highest BCUT2D eigenvalue weighted by atomic mass is 32.2. The minimum absolute atomic E-state index is 0.00495. The van der Waals surface area contributed by atoms with Gasteiger partial charge in [-0.1, -0.05) is 42.0 Å². The molecule has 4 N–H and O–H groups in total. The number of carbonyl (C=O) groups excluding carboxylic acids is 1. The minimum Gasteiger partial charge on any atom is -0.477 e. The maximum Gasteiger partial charge on any atom is 0.352 e. The Kier molecular flexibility index (Phi) is 7.58. The van der Waals surface area contributed by atoms with Crippen LogP contribution in [0.15, 0.2) is 70.8 Å². The van der Waals surface area contributed by atoms with Gasteiger partial charge in [0.2, 0.25) is 5.91 Å². The summed E-state index contributed by atoms with van der Waals surface area (Å²) in [5.41, 5.74) is 8.64. The van der Waals surface area contributed by atoms with E-state index < -0.39 is 22.1 Å². The molecule has 2 atom stereocenters. The summed E-state index contributed by atoms with van der Waals surface area (Å²) < 4.78 is 29.6. The van der Waals surface area contributed by atoms with Crippen molar-refractivity contribution in [3.8, 4) is 6.07 Å². The molecule has 0 aliphatic carbocycles. The molecule has 2 aromatic carbocycles. The second kappa shape index (κ2) is 10.2. The molecule has 2 aliphatic rings. The summed E-state index contributed by atoms with van der Waals surface area (Å²) in [6, 6.07) is 14.3. The molecule has 34 heavy (non-hydrogen) atoms. The SMILES string of the molecule is Cc1ccc(S(=O)(=O)O)cc1.N#Cc1ccc(C=CC2=C(C(=O)O)N3C(=O)C(N)[C@@H]3SC2)cc1. The van der Waals surface area contributed by atoms with Gasteiger partial charge in [0, 0.05) is 5.75 Å². The van der Waals surface area contributed by atoms with Gasteiger partial charge in [-0.3, -0.25) is 14.2 Å². The van der Waals surface area contributed by atoms with Crippen molar-refractivity contribution in [1.29, 1.82) is 5.26 Å². The molecule has 0 bridgehead atoms. The number of hydrogen-bond acceptors (Lipinski definition) is 7. The zero-order chi connectivity index (χ0) is 25.0. The molecule has 1 unspecified atom stereocenters. The molecule has 9 nitrogen and oxygen atoms in total. The summed E-state index contributed by atoms with van der Waals surface area (Å²) in [5.74, 6) is -1.00. The smallest absolute Gasteiger partial charge is 0.352 e. The van der Waals surface area contributed by atoms with Gasteiger partial charge in [-0.15, -0.1) is 11.8 Å². The van der Waals surface area contributed by atoms with Crippen LogP contribution in [0.3, 0.4) is 0 Å². The van der Waals surface area contributed by atoms with E-state index in [1.54, 1.807) is 48.6 Å². The summed E-state index contributed by atoms with van der Waals surface area (Å²) in [6.45, 7) is 1.84. The van der Waals surface area contributed by atoms with Gasteiger partial charge in [0.25, 0.3) is 10.1 Å². The average molecular weight is 500 g/mol. The van der Waals surface area contributed by atoms with Crippen LogP contribution < -0.4 is 5.73 Å². The molecular formula is C23H21N3O6S2. The number of carboxylic acid groups (broad SMARTS) is 1. The normalized spacial score (nSPS) is 19.6. The molecule has 2 aliphatic heterocycles. The standard InChI is InChI=1S/C16H13N3O3S.C7H8O3S/c17-7-10-3-1-9(2-4-10)5-6-11-8-23-15-12(18)14(20)19(15)13(11)16(21)22;1-6-2-4-7(5-3-6)11(8,9)10/h1-6,12,15H,8,18H2,(H,21,22);2-5H,1H3,(H,8,9,10)/t12?,15-;/m0./s1. The fourth-order valence-corrected chi connectivity index (χ4v) is 4.99. The number of nitrogens with two attached hydrogens (primary N) is 1. The van der Waals surface area contributed by atoms with Gasteiger partial charge in [0.15, 0.2) is 0 Å². The minimum atomic E-state index is -4.02. The van der Waals surface area contributed by atoms with E-state index in [0.29, 0.717) is 16.9 Å². The summed E-state index contributed by atoms with van der Waals surface area (Å²) in [5, 5.41) is 17.9. The average Bonchev–Trinajstić information content (AvgIpc) is 2.81. The number of nitrogens with zero attached hydrogens (tertiary/aromatic N) is 2. The molecule has 0 spiro atoms. The van der Waals surface area contributed by atoms with Crippen molar-refractivity contribution in [1.82, 2.24) is 4.90 Å². The summed E-state index contributed by atoms with van der Waals surface area (Å²) in [4.78, 5) is 24.6. The van der Waals surface area contributed by atoms with Crippen LogP contribution in [-0.4, -0.2) is 52.0 Å². The van der Waals surface area contributed by atoms with Gasteiger partial charge in [-0.2, -0.15) is 13.7 Å². The predicted octanol–water partition coefficient (Wildman–Crippen LogP) is 2.39. The van der Waals surface area contributed by atoms with Gasteiger partial charge < -0.3 is 10.8 Å². The van der Waals surface area contributed by atoms with E-state index in [0.717, 1.165) is 11.1 Å². The van der Waals surface area contributed by atoms with Crippen LogP contribution in [0.5, 0.6) is 0 Å². The number of carboxylic acids is 1. The number of aryl methyl sites for hydroxylation is 1. The van der Waals surface area contributed by atoms with Crippen molar-refractivity contribution in [2.75, 3.05) is 5.75 Å². The van der Waals surface area contributed by atoms with E-state index in [4.69, 9.17) is 15.5 Å². The third kappa shape index (κ3) is 5.55. The molecule has 4 rings (SSSR count). The number of thioether (sulfide) groups is 1. The van der Waals surface area contributed by atoms with E-state index in [1.165, 1.54) is 28.8 Å². The highest BCUT2D eigenvalue weighted by molar-refractivity contribution is 8.00. The monoisotopic (exact) mass is 499 g/mol. The second-order valence-corrected chi connectivity index (χ2v) is 10.00. The third-order valence-corrected chi connectivity index (χ3v) is 7.27. The van der Waals surface area contributed by atoms with Crippen LogP contribution in [0.2, 0.25) is 0 Å². The first kappa shape index (κ1) is 25.2. The molecule has 2 aromatic rings. The van der Waals surface area contributed by atoms with Crippen molar-refractivity contribution in [2.24, 2.45) is 5.73 Å². The number of nitriles is 1. The van der Waals surface area contributed by atoms with Crippen LogP contribution >= 0.6 is 11.8 Å². The second-order valence-electron chi connectivity index (χ2n) is 7.47. The number of rotatable bonds is 4. The van der Waals surface area contributed by atoms with Gasteiger partial charge in [0.1, 0.15) is 17.1 Å². The Bertz CT molecular complexity index is 1310. The zero-order valence-corrected chi connectivity index (χ0v) is 19.6. The Labute approximate surface area is 200 Å². The van der Waals surface area contributed by atoms with Gasteiger partial charge >= 0.3 is 5.97 Å². The molecule has 0 saturated carbocycles. The lowest BCUT2D eigenvalue weighted by molar-refractivity contribution is -0.147. The van der Waals surface area contributed by atoms with Crippen LogP contribution in [-0.2, 0) is 19.7 Å². The lowest BCUT2D eigenvalue weighted by Crippen LogP contribution is -2.68. The molecule has 1 fully saturated rings. The molecule has 176 valence electrons. The number of amides is 1. The molecule has 1 amide bonds. The van der Waals surface area contributed by atoms with Crippen molar-refractivity contribution < 1.29 is 27.7 Å². The Hall–Kier alpha value is -3.43. The van der Waals surface area contributed by atoms with Crippen molar-refractivity contribution in [2.45, 2.75) is 23.2 Å². The quantitative estimate of drug-likeness (QED) is 0.423. The number of fused-ring (bicyclic) bond motifs is 1. The molecule has 11 heteroatoms. The molecule has 1 saturated heterocycles. The van der Waals surface area contributed by atoms with E-state index >= 15 is 0 Å². The van der Waals surface area contributed by atoms with Crippen LogP contribution in [0.25, 0.3) is 6.08 Å². The Morgan fingerprint density at radius 2 is 1.79 bits per heavy atom. The number of allylic oxidation sites excluding steroid dienone is 1. The topological polar surface area (TPSA) is 162 Å². The first-order valence-corrected chi connectivity index (χ1v) is 12.4. The van der Waals surface area contributed by atoms with Crippen molar-refractivity contribution in [3.63, 3.8) is 0 Å². The molecule has 0 radical (unpaired) electrons. The number of aliphatic carboxylic acids is 1. The predicted molar refractivity (Wildman–Crippen MR) is 127 cm³/mol. The van der Waals surface area contributed by atoms with Gasteiger partial charge in [-0.25, -0.2) is 4.79 Å². The highest BCUT2D eigenvalue weighted by Gasteiger charge is 2.51. The van der Waals surface area contributed by atoms with Crippen LogP contribution in [0, 0.1) is 18.3 Å². The Balaban J connectivity index is 0.000000248. The number of hydrogen-bond donors (Lipinski definition) is 3. The molecule has 2 heterocycles. The molecule has 0 aromatic heterocycles. The summed E-state index contributed by atoms with van der Waals surface area (Å²) >= 11 is 1.46. The Morgan fingerprint density at radius 3 is 2.32 bits per heavy atom. The maximum atomic E-state index is 11.8. The lowest BCUT2D eigenvalue weighted by Gasteiger charge is -2.47. The maximum absolute atomic E-state index is 11.8. The first-order valence-electron chi connectivity index (χ1n) is 9.92. The van der Waals surface area contributed by atoms with E-state index in [9.17, 15) is 23.1 Å². The number of benzene rings is 2.